The molecular weight excluding hydrogens is 400 g/mol. The summed E-state index contributed by atoms with van der Waals surface area (Å²) in [6.45, 7) is 1.66. The first-order valence-electron chi connectivity index (χ1n) is 10.4. The summed E-state index contributed by atoms with van der Waals surface area (Å²) in [5.41, 5.74) is 11.5. The first-order chi connectivity index (χ1) is 14.1. The number of rotatable bonds is 4. The smallest absolute Gasteiger partial charge is 0.317 e. The third kappa shape index (κ3) is 5.05. The topological polar surface area (TPSA) is 87.5 Å². The lowest BCUT2D eigenvalue weighted by Crippen LogP contribution is -2.43. The van der Waals surface area contributed by atoms with E-state index in [2.05, 4.69) is 22.8 Å². The van der Waals surface area contributed by atoms with E-state index in [9.17, 15) is 9.59 Å². The van der Waals surface area contributed by atoms with E-state index in [1.54, 1.807) is 0 Å². The summed E-state index contributed by atoms with van der Waals surface area (Å²) in [7, 11) is 0. The van der Waals surface area contributed by atoms with E-state index < -0.39 is 0 Å². The second-order valence-corrected chi connectivity index (χ2v) is 7.89. The molecule has 160 valence electrons. The van der Waals surface area contributed by atoms with Crippen molar-refractivity contribution >= 4 is 30.0 Å². The lowest BCUT2D eigenvalue weighted by Gasteiger charge is -2.29. The van der Waals surface area contributed by atoms with E-state index in [0.717, 1.165) is 36.9 Å². The van der Waals surface area contributed by atoms with Crippen LogP contribution in [-0.2, 0) is 24.2 Å². The fraction of sp³-hybridized carbons (Fsp3) is 0.391. The molecule has 0 saturated heterocycles. The number of amides is 3. The van der Waals surface area contributed by atoms with Gasteiger partial charge in [-0.15, -0.1) is 12.4 Å². The van der Waals surface area contributed by atoms with Crippen LogP contribution < -0.4 is 16.4 Å². The normalized spacial score (nSPS) is 17.2. The number of carbonyl (C=O) groups excluding carboxylic acids is 2. The quantitative estimate of drug-likeness (QED) is 0.652. The van der Waals surface area contributed by atoms with E-state index in [1.165, 1.54) is 16.7 Å². The van der Waals surface area contributed by atoms with Gasteiger partial charge in [-0.25, -0.2) is 4.79 Å². The summed E-state index contributed by atoms with van der Waals surface area (Å²) in [6, 6.07) is 14.1. The molecule has 0 saturated carbocycles. The number of nitrogens with one attached hydrogen (secondary N) is 2. The van der Waals surface area contributed by atoms with Crippen LogP contribution in [0.2, 0.25) is 0 Å². The molecule has 0 aromatic heterocycles. The minimum atomic E-state index is -0.106. The van der Waals surface area contributed by atoms with Gasteiger partial charge in [0.05, 0.1) is 6.04 Å². The molecule has 1 atom stereocenters. The summed E-state index contributed by atoms with van der Waals surface area (Å²) in [6.07, 6.45) is 4.12. The van der Waals surface area contributed by atoms with Gasteiger partial charge in [0.25, 0.3) is 0 Å². The van der Waals surface area contributed by atoms with Gasteiger partial charge in [0, 0.05) is 31.7 Å². The molecule has 4 N–H and O–H groups in total. The average Bonchev–Trinajstić information content (AvgIpc) is 2.73. The van der Waals surface area contributed by atoms with Gasteiger partial charge >= 0.3 is 6.03 Å². The Bertz CT molecular complexity index is 918. The average molecular weight is 429 g/mol. The largest absolute Gasteiger partial charge is 0.399 e. The molecule has 2 aromatic rings. The van der Waals surface area contributed by atoms with Crippen LogP contribution in [0.25, 0.3) is 0 Å². The number of fused-ring (bicyclic) bond motifs is 2. The number of hydrogen-bond donors (Lipinski definition) is 3. The zero-order chi connectivity index (χ0) is 20.2. The maximum atomic E-state index is 12.4. The first kappa shape index (κ1) is 22.0. The predicted octanol–water partition coefficient (Wildman–Crippen LogP) is 3.34. The van der Waals surface area contributed by atoms with Crippen LogP contribution >= 0.6 is 12.4 Å². The van der Waals surface area contributed by atoms with Gasteiger partial charge in [0.1, 0.15) is 0 Å². The number of benzene rings is 2. The van der Waals surface area contributed by atoms with Gasteiger partial charge < -0.3 is 21.3 Å². The highest BCUT2D eigenvalue weighted by molar-refractivity contribution is 5.85. The number of urea groups is 1. The molecule has 1 heterocycles. The molecule has 2 aliphatic rings. The number of nitrogens with two attached hydrogens (primary N) is 1. The van der Waals surface area contributed by atoms with E-state index in [-0.39, 0.29) is 36.8 Å². The van der Waals surface area contributed by atoms with Crippen LogP contribution in [-0.4, -0.2) is 29.9 Å². The van der Waals surface area contributed by atoms with Crippen molar-refractivity contribution in [1.29, 1.82) is 0 Å². The minimum Gasteiger partial charge on any atom is -0.399 e. The van der Waals surface area contributed by atoms with Crippen LogP contribution in [0, 0.1) is 0 Å². The highest BCUT2D eigenvalue weighted by Crippen LogP contribution is 2.31. The molecule has 3 amide bonds. The van der Waals surface area contributed by atoms with Crippen LogP contribution in [0.5, 0.6) is 0 Å². The van der Waals surface area contributed by atoms with E-state index >= 15 is 0 Å². The fourth-order valence-corrected chi connectivity index (χ4v) is 4.31. The molecule has 0 spiro atoms. The second kappa shape index (κ2) is 9.85. The van der Waals surface area contributed by atoms with Gasteiger partial charge in [-0.05, 0) is 60.1 Å². The molecule has 30 heavy (non-hydrogen) atoms. The van der Waals surface area contributed by atoms with Crippen molar-refractivity contribution in [3.8, 4) is 0 Å². The highest BCUT2D eigenvalue weighted by atomic mass is 35.5. The zero-order valence-corrected chi connectivity index (χ0v) is 17.8. The molecule has 1 aliphatic heterocycles. The highest BCUT2D eigenvalue weighted by Gasteiger charge is 2.23. The summed E-state index contributed by atoms with van der Waals surface area (Å²) >= 11 is 0. The number of nitrogens with zero attached hydrogens (tertiary/aromatic N) is 1. The van der Waals surface area contributed by atoms with E-state index in [0.29, 0.717) is 19.6 Å². The number of carbonyl (C=O) groups is 2. The number of halogens is 1. The van der Waals surface area contributed by atoms with Crippen LogP contribution in [0.1, 0.15) is 47.6 Å². The number of nitrogen functional groups attached to an aromatic ring is 1. The van der Waals surface area contributed by atoms with Crippen molar-refractivity contribution < 1.29 is 9.59 Å². The number of aryl methyl sites for hydroxylation is 1. The maximum absolute atomic E-state index is 12.4. The molecule has 7 heteroatoms. The molecule has 4 rings (SSSR count). The van der Waals surface area contributed by atoms with E-state index in [1.807, 2.05) is 35.2 Å². The lowest BCUT2D eigenvalue weighted by atomic mass is 9.87. The summed E-state index contributed by atoms with van der Waals surface area (Å²) in [5, 5.41) is 6.00. The van der Waals surface area contributed by atoms with Crippen molar-refractivity contribution in [2.45, 2.75) is 44.7 Å². The number of anilines is 1. The Labute approximate surface area is 183 Å². The van der Waals surface area contributed by atoms with Crippen LogP contribution in [0.3, 0.4) is 0 Å². The standard InChI is InChI=1S/C23H28N4O2.ClH/c24-19-8-9-20-17(14-19)6-3-7-21(20)26-22(28)10-12-25-23(29)27-13-11-16-4-1-2-5-18(16)15-27;/h1-2,4-5,8-9,14,21H,3,6-7,10-13,15,24H2,(H,25,29)(H,26,28);1H. The summed E-state index contributed by atoms with van der Waals surface area (Å²) < 4.78 is 0. The lowest BCUT2D eigenvalue weighted by molar-refractivity contribution is -0.121. The van der Waals surface area contributed by atoms with Crippen molar-refractivity contribution in [2.24, 2.45) is 0 Å². The Morgan fingerprint density at radius 2 is 1.87 bits per heavy atom. The Kier molecular flexibility index (Phi) is 7.21. The molecule has 0 bridgehead atoms. The SMILES string of the molecule is Cl.Nc1ccc2c(c1)CCCC2NC(=O)CCNC(=O)N1CCc2ccccc2C1. The van der Waals surface area contributed by atoms with E-state index in [4.69, 9.17) is 5.73 Å². The molecular formula is C23H29ClN4O2. The molecule has 2 aromatic carbocycles. The van der Waals surface area contributed by atoms with Crippen LogP contribution in [0.15, 0.2) is 42.5 Å². The summed E-state index contributed by atoms with van der Waals surface area (Å²) in [4.78, 5) is 26.7. The Hall–Kier alpha value is -2.73. The molecule has 0 fully saturated rings. The van der Waals surface area contributed by atoms with Crippen LogP contribution in [0.4, 0.5) is 10.5 Å². The monoisotopic (exact) mass is 428 g/mol. The van der Waals surface area contributed by atoms with Gasteiger partial charge in [0.2, 0.25) is 5.91 Å². The molecule has 0 radical (unpaired) electrons. The van der Waals surface area contributed by atoms with Crippen molar-refractivity contribution in [3.63, 3.8) is 0 Å². The van der Waals surface area contributed by atoms with Gasteiger partial charge in [-0.2, -0.15) is 0 Å². The maximum Gasteiger partial charge on any atom is 0.317 e. The summed E-state index contributed by atoms with van der Waals surface area (Å²) in [5.74, 6) is -0.0380. The third-order valence-electron chi connectivity index (χ3n) is 5.86. The predicted molar refractivity (Wildman–Crippen MR) is 120 cm³/mol. The zero-order valence-electron chi connectivity index (χ0n) is 17.0. The van der Waals surface area contributed by atoms with Gasteiger partial charge in [0.15, 0.2) is 0 Å². The number of hydrogen-bond acceptors (Lipinski definition) is 3. The van der Waals surface area contributed by atoms with Gasteiger partial charge in [-0.1, -0.05) is 30.3 Å². The Morgan fingerprint density at radius 3 is 2.70 bits per heavy atom. The Balaban J connectivity index is 0.00000256. The van der Waals surface area contributed by atoms with Crippen molar-refractivity contribution in [1.82, 2.24) is 15.5 Å². The van der Waals surface area contributed by atoms with Crippen molar-refractivity contribution in [2.75, 3.05) is 18.8 Å². The minimum absolute atomic E-state index is 0. The molecule has 6 nitrogen and oxygen atoms in total. The third-order valence-corrected chi connectivity index (χ3v) is 5.86. The second-order valence-electron chi connectivity index (χ2n) is 7.89. The fourth-order valence-electron chi connectivity index (χ4n) is 4.31. The Morgan fingerprint density at radius 1 is 1.07 bits per heavy atom. The van der Waals surface area contributed by atoms with Crippen molar-refractivity contribution in [3.05, 3.63) is 64.7 Å². The molecule has 1 aliphatic carbocycles. The van der Waals surface area contributed by atoms with Gasteiger partial charge in [-0.3, -0.25) is 4.79 Å². The molecule has 1 unspecified atom stereocenters. The first-order valence-corrected chi connectivity index (χ1v) is 10.4.